The highest BCUT2D eigenvalue weighted by molar-refractivity contribution is 5.97. The van der Waals surface area contributed by atoms with Crippen molar-refractivity contribution in [1.82, 2.24) is 0 Å². The molecule has 0 spiro atoms. The zero-order valence-electron chi connectivity index (χ0n) is 16.5. The van der Waals surface area contributed by atoms with Gasteiger partial charge in [-0.05, 0) is 54.7 Å². The average Bonchev–Trinajstić information content (AvgIpc) is 3.26. The number of benzene rings is 2. The maximum Gasteiger partial charge on any atom is 0.481 e. The molecule has 0 saturated heterocycles. The van der Waals surface area contributed by atoms with Gasteiger partial charge >= 0.3 is 7.98 Å². The molecule has 0 aromatic heterocycles. The number of nitrogens with zero attached hydrogens (tertiary/aromatic N) is 1. The third kappa shape index (κ3) is 2.38. The molecule has 3 atom stereocenters. The Morgan fingerprint density at radius 1 is 1.11 bits per heavy atom. The van der Waals surface area contributed by atoms with E-state index in [4.69, 9.17) is 22.2 Å². The van der Waals surface area contributed by atoms with Crippen molar-refractivity contribution in [2.24, 2.45) is 0 Å². The Bertz CT molecular complexity index is 953. The SMILES string of the molecule is [B][N+]1(C)CCc2cc3c(c(C)c2[C@@H]1[C@H]1OCc2c1ccc(C)c2C)OCO3. The minimum absolute atomic E-state index is 0.0339. The van der Waals surface area contributed by atoms with Crippen LogP contribution in [0.3, 0.4) is 0 Å². The second kappa shape index (κ2) is 5.76. The summed E-state index contributed by atoms with van der Waals surface area (Å²) >= 11 is 0. The van der Waals surface area contributed by atoms with Gasteiger partial charge in [-0.1, -0.05) is 12.1 Å². The van der Waals surface area contributed by atoms with Crippen molar-refractivity contribution in [3.63, 3.8) is 0 Å². The summed E-state index contributed by atoms with van der Waals surface area (Å²) in [5, 5.41) is 0. The molecule has 0 bridgehead atoms. The van der Waals surface area contributed by atoms with Crippen molar-refractivity contribution in [2.75, 3.05) is 20.4 Å². The number of aryl methyl sites for hydroxylation is 1. The maximum absolute atomic E-state index is 6.84. The summed E-state index contributed by atoms with van der Waals surface area (Å²) in [4.78, 5) is 0. The number of likely N-dealkylation sites (N-methyl/N-ethyl adjacent to an activating group) is 1. The third-order valence-corrected chi connectivity index (χ3v) is 6.74. The predicted molar refractivity (Wildman–Crippen MR) is 104 cm³/mol. The molecule has 3 heterocycles. The first-order valence-electron chi connectivity index (χ1n) is 9.65. The molecule has 5 heteroatoms. The third-order valence-electron chi connectivity index (χ3n) is 6.74. The van der Waals surface area contributed by atoms with Gasteiger partial charge in [-0.3, -0.25) is 0 Å². The summed E-state index contributed by atoms with van der Waals surface area (Å²) in [5.41, 5.74) is 8.97. The maximum atomic E-state index is 6.84. The van der Waals surface area contributed by atoms with Crippen molar-refractivity contribution >= 4 is 7.98 Å². The number of hydrogen-bond acceptors (Lipinski definition) is 3. The van der Waals surface area contributed by atoms with Crippen LogP contribution in [-0.2, 0) is 17.8 Å². The fourth-order valence-corrected chi connectivity index (χ4v) is 5.04. The van der Waals surface area contributed by atoms with Gasteiger partial charge in [-0.25, -0.2) is 0 Å². The van der Waals surface area contributed by atoms with Gasteiger partial charge in [0.2, 0.25) is 6.79 Å². The molecule has 0 aliphatic carbocycles. The van der Waals surface area contributed by atoms with E-state index in [-0.39, 0.29) is 12.1 Å². The van der Waals surface area contributed by atoms with Gasteiger partial charge < -0.3 is 18.6 Å². The molecule has 1 unspecified atom stereocenters. The lowest BCUT2D eigenvalue weighted by molar-refractivity contribution is -0.838. The molecule has 0 amide bonds. The van der Waals surface area contributed by atoms with Crippen LogP contribution < -0.4 is 9.47 Å². The molecule has 0 N–H and O–H groups in total. The van der Waals surface area contributed by atoms with Crippen LogP contribution in [0.1, 0.15) is 51.1 Å². The first-order valence-corrected chi connectivity index (χ1v) is 9.65. The molecule has 2 radical (unpaired) electrons. The van der Waals surface area contributed by atoms with Crippen LogP contribution in [0.2, 0.25) is 0 Å². The summed E-state index contributed by atoms with van der Waals surface area (Å²) in [6.45, 7) is 8.29. The minimum Gasteiger partial charge on any atom is -0.454 e. The molecule has 2 aromatic carbocycles. The first-order chi connectivity index (χ1) is 12.9. The van der Waals surface area contributed by atoms with Crippen LogP contribution in [0.25, 0.3) is 0 Å². The lowest BCUT2D eigenvalue weighted by atomic mass is 9.79. The van der Waals surface area contributed by atoms with E-state index in [1.165, 1.54) is 33.4 Å². The van der Waals surface area contributed by atoms with E-state index in [1.807, 2.05) is 0 Å². The second-order valence-electron chi connectivity index (χ2n) is 8.38. The number of hydrogen-bond donors (Lipinski definition) is 0. The molecular weight excluding hydrogens is 337 g/mol. The van der Waals surface area contributed by atoms with Crippen molar-refractivity contribution < 1.29 is 18.6 Å². The van der Waals surface area contributed by atoms with Crippen molar-refractivity contribution in [1.29, 1.82) is 0 Å². The highest BCUT2D eigenvalue weighted by atomic mass is 16.7. The summed E-state index contributed by atoms with van der Waals surface area (Å²) in [6, 6.07) is 6.61. The van der Waals surface area contributed by atoms with Crippen LogP contribution >= 0.6 is 0 Å². The Balaban J connectivity index is 1.69. The lowest BCUT2D eigenvalue weighted by Crippen LogP contribution is -2.51. The molecule has 5 rings (SSSR count). The van der Waals surface area contributed by atoms with Gasteiger partial charge in [0.15, 0.2) is 11.5 Å². The van der Waals surface area contributed by atoms with Crippen LogP contribution in [0.4, 0.5) is 0 Å². The van der Waals surface area contributed by atoms with Crippen LogP contribution in [0.15, 0.2) is 18.2 Å². The monoisotopic (exact) mass is 362 g/mol. The normalized spacial score (nSPS) is 28.1. The molecular formula is C22H25BNO3+. The molecule has 0 fully saturated rings. The largest absolute Gasteiger partial charge is 0.481 e. The van der Waals surface area contributed by atoms with Crippen LogP contribution in [-0.4, -0.2) is 32.8 Å². The fraction of sp³-hybridized carbons (Fsp3) is 0.455. The second-order valence-corrected chi connectivity index (χ2v) is 8.38. The van der Waals surface area contributed by atoms with Crippen molar-refractivity contribution in [2.45, 2.75) is 45.9 Å². The van der Waals surface area contributed by atoms with Gasteiger partial charge in [0, 0.05) is 24.6 Å². The summed E-state index contributed by atoms with van der Waals surface area (Å²) in [6.07, 6.45) is 0.885. The Labute approximate surface area is 162 Å². The number of ether oxygens (including phenoxy) is 3. The Morgan fingerprint density at radius 2 is 1.93 bits per heavy atom. The average molecular weight is 362 g/mol. The number of fused-ring (bicyclic) bond motifs is 3. The Kier molecular flexibility index (Phi) is 3.66. The van der Waals surface area contributed by atoms with E-state index in [0.717, 1.165) is 30.0 Å². The predicted octanol–water partition coefficient (Wildman–Crippen LogP) is 3.74. The molecule has 2 aromatic rings. The minimum atomic E-state index is -0.0487. The molecule has 138 valence electrons. The molecule has 0 saturated carbocycles. The van der Waals surface area contributed by atoms with Crippen LogP contribution in [0, 0.1) is 20.8 Å². The van der Waals surface area contributed by atoms with Gasteiger partial charge in [-0.2, -0.15) is 0 Å². The van der Waals surface area contributed by atoms with E-state index in [0.29, 0.717) is 17.8 Å². The highest BCUT2D eigenvalue weighted by Gasteiger charge is 2.47. The highest BCUT2D eigenvalue weighted by Crippen LogP contribution is 2.52. The zero-order chi connectivity index (χ0) is 18.9. The van der Waals surface area contributed by atoms with Gasteiger partial charge in [-0.15, -0.1) is 0 Å². The Hall–Kier alpha value is -1.98. The summed E-state index contributed by atoms with van der Waals surface area (Å²) < 4.78 is 18.2. The van der Waals surface area contributed by atoms with Gasteiger partial charge in [0.25, 0.3) is 0 Å². The van der Waals surface area contributed by atoms with Crippen molar-refractivity contribution in [3.05, 3.63) is 57.1 Å². The van der Waals surface area contributed by atoms with Gasteiger partial charge in [0.1, 0.15) is 12.1 Å². The standard InChI is InChI=1S/C22H25BNO3/c1-12-5-6-16-17(13(12)2)10-25-22(16)20-19-14(3)21-18(26-11-27-21)9-15(19)7-8-24(20,4)23/h5-6,9,20,22H,7-8,10-11H2,1-4H3/q+1/t20-,22+,24?/m1/s1. The van der Waals surface area contributed by atoms with E-state index in [1.54, 1.807) is 0 Å². The van der Waals surface area contributed by atoms with E-state index in [9.17, 15) is 0 Å². The van der Waals surface area contributed by atoms with E-state index >= 15 is 0 Å². The lowest BCUT2D eigenvalue weighted by Gasteiger charge is -2.46. The molecule has 3 aliphatic rings. The number of quaternary nitrogens is 1. The van der Waals surface area contributed by atoms with Crippen LogP contribution in [0.5, 0.6) is 11.5 Å². The summed E-state index contributed by atoms with van der Waals surface area (Å²) in [7, 11) is 8.95. The van der Waals surface area contributed by atoms with Crippen molar-refractivity contribution in [3.8, 4) is 11.5 Å². The topological polar surface area (TPSA) is 27.7 Å². The quantitative estimate of drug-likeness (QED) is 0.724. The van der Waals surface area contributed by atoms with E-state index in [2.05, 4.69) is 46.0 Å². The van der Waals surface area contributed by atoms with E-state index < -0.39 is 0 Å². The van der Waals surface area contributed by atoms with Gasteiger partial charge in [0.05, 0.1) is 13.2 Å². The molecule has 27 heavy (non-hydrogen) atoms. The number of rotatable bonds is 1. The molecule has 4 nitrogen and oxygen atoms in total. The fourth-order valence-electron chi connectivity index (χ4n) is 5.04. The smallest absolute Gasteiger partial charge is 0.454 e. The zero-order valence-corrected chi connectivity index (χ0v) is 16.5. The Morgan fingerprint density at radius 3 is 2.74 bits per heavy atom. The summed E-state index contributed by atoms with van der Waals surface area (Å²) in [5.74, 6) is 1.72. The molecule has 3 aliphatic heterocycles. The first kappa shape index (κ1) is 17.1.